The zero-order valence-corrected chi connectivity index (χ0v) is 52.2. The number of azide groups is 1. The lowest BCUT2D eigenvalue weighted by Gasteiger charge is -2.49. The van der Waals surface area contributed by atoms with Gasteiger partial charge >= 0.3 is 36.6 Å². The Morgan fingerprint density at radius 3 is 1.12 bits per heavy atom. The Labute approximate surface area is 499 Å². The summed E-state index contributed by atoms with van der Waals surface area (Å²) in [6, 6.07) is -6.47. The van der Waals surface area contributed by atoms with Crippen LogP contribution in [0.5, 0.6) is 0 Å². The number of nitrogens with zero attached hydrogens (tertiary/aromatic N) is 3. The molecule has 3 aliphatic heterocycles. The van der Waals surface area contributed by atoms with Crippen molar-refractivity contribution in [1.29, 1.82) is 0 Å². The monoisotopic (exact) mass is 1240 g/mol. The Kier molecular flexibility index (Phi) is 24.7. The quantitative estimate of drug-likeness (QED) is 0.0454. The third-order valence-corrected chi connectivity index (χ3v) is 12.3. The van der Waals surface area contributed by atoms with Crippen LogP contribution in [0.4, 0.5) is 28.8 Å². The molecule has 19 atom stereocenters. The third kappa shape index (κ3) is 23.2. The van der Waals surface area contributed by atoms with Crippen LogP contribution < -0.4 is 31.9 Å². The number of carbonyl (C=O) groups is 6. The zero-order chi connectivity index (χ0) is 65.4. The third-order valence-electron chi connectivity index (χ3n) is 12.3. The summed E-state index contributed by atoms with van der Waals surface area (Å²) in [5.74, 6) is 0. The number of hydrogen-bond acceptors (Lipinski definition) is 25. The molecule has 12 N–H and O–H groups in total. The van der Waals surface area contributed by atoms with E-state index in [1.165, 1.54) is 0 Å². The van der Waals surface area contributed by atoms with Crippen molar-refractivity contribution in [1.82, 2.24) is 31.9 Å². The molecular weight excluding hydrogens is 1150 g/mol. The van der Waals surface area contributed by atoms with Gasteiger partial charge in [0.1, 0.15) is 113 Å². The van der Waals surface area contributed by atoms with Crippen molar-refractivity contribution >= 4 is 36.6 Å². The van der Waals surface area contributed by atoms with E-state index in [0.29, 0.717) is 0 Å². The standard InChI is InChI=1S/C53H93N9O24/c1-48(2,3)81-42(69)55-20-25-31(64)33(66)28(60-46(73)85-52(13,14)15)39(75-25)78-36-24(59-45(72)84-51(10,11)12)19-23(58-44(71)83-50(7,8)9)30(63)38(36)80-41-35(68)37(27(77-41)22-57-62-54)79-40-29(61-47(74)86-53(16,17)18)34(67)32(65)26(76-40)21-56-43(70)82-49(4,5)6/h23-41,63-68H,19-22H2,1-18H3,(H,55,69)(H,56,70)(H,58,71)(H,59,72)(H,60,73)(H,61,74)/t23-,24?,25?,26?,27-,28?,29?,30?,31+,32?,33?,34?,35+,36+,37?,38?,39+,40?,41+/m1/s1. The number of ether oxygens (including phenoxy) is 12. The molecule has 33 nitrogen and oxygen atoms in total. The highest BCUT2D eigenvalue weighted by atomic mass is 16.8. The van der Waals surface area contributed by atoms with Crippen molar-refractivity contribution < 1.29 is 116 Å². The highest BCUT2D eigenvalue weighted by Crippen LogP contribution is 2.37. The fraction of sp³-hybridized carbons (Fsp3) is 0.887. The van der Waals surface area contributed by atoms with Crippen LogP contribution in [-0.4, -0.2) is 237 Å². The summed E-state index contributed by atoms with van der Waals surface area (Å²) < 4.78 is 70.7. The maximum Gasteiger partial charge on any atom is 0.408 e. The van der Waals surface area contributed by atoms with Crippen molar-refractivity contribution in [2.75, 3.05) is 19.6 Å². The van der Waals surface area contributed by atoms with E-state index in [-0.39, 0.29) is 0 Å². The molecule has 3 saturated heterocycles. The smallest absolute Gasteiger partial charge is 0.408 e. The molecule has 0 spiro atoms. The summed E-state index contributed by atoms with van der Waals surface area (Å²) >= 11 is 0. The summed E-state index contributed by atoms with van der Waals surface area (Å²) in [5.41, 5.74) is 3.18. The van der Waals surface area contributed by atoms with Crippen molar-refractivity contribution in [3.8, 4) is 0 Å². The molecule has 0 bridgehead atoms. The summed E-state index contributed by atoms with van der Waals surface area (Å²) in [6.07, 6.45) is -34.6. The molecule has 86 heavy (non-hydrogen) atoms. The molecule has 3 heterocycles. The lowest BCUT2D eigenvalue weighted by molar-refractivity contribution is -0.311. The van der Waals surface area contributed by atoms with Gasteiger partial charge in [-0.3, -0.25) is 0 Å². The minimum atomic E-state index is -2.08. The molecule has 0 aromatic rings. The first-order valence-electron chi connectivity index (χ1n) is 28.2. The Morgan fingerprint density at radius 2 is 0.744 bits per heavy atom. The Morgan fingerprint density at radius 1 is 0.419 bits per heavy atom. The van der Waals surface area contributed by atoms with Crippen molar-refractivity contribution in [2.24, 2.45) is 5.11 Å². The van der Waals surface area contributed by atoms with Crippen LogP contribution in [0.15, 0.2) is 5.11 Å². The van der Waals surface area contributed by atoms with Gasteiger partial charge in [0.2, 0.25) is 0 Å². The van der Waals surface area contributed by atoms with E-state index in [0.717, 1.165) is 0 Å². The topological polar surface area (TPSA) is 456 Å². The first-order chi connectivity index (χ1) is 39.2. The summed E-state index contributed by atoms with van der Waals surface area (Å²) in [5, 5.41) is 89.8. The maximum absolute atomic E-state index is 13.9. The van der Waals surface area contributed by atoms with Gasteiger partial charge in [0.25, 0.3) is 0 Å². The molecule has 0 radical (unpaired) electrons. The van der Waals surface area contributed by atoms with Gasteiger partial charge in [0.15, 0.2) is 18.9 Å². The molecule has 6 amide bonds. The maximum atomic E-state index is 13.9. The summed E-state index contributed by atoms with van der Waals surface area (Å²) in [6.45, 7) is 26.6. The molecule has 494 valence electrons. The van der Waals surface area contributed by atoms with Gasteiger partial charge in [-0.25, -0.2) is 28.8 Å². The molecule has 1 saturated carbocycles. The van der Waals surface area contributed by atoms with Crippen LogP contribution in [0.25, 0.3) is 10.4 Å². The lowest BCUT2D eigenvalue weighted by Crippen LogP contribution is -2.70. The average molecular weight is 1240 g/mol. The SMILES string of the molecule is CC(C)(C)OC(=O)NCC1OC(OC2[C@@H](CN=[N+]=[N-])O[C@@H](OC3C(O)[C@H](NC(=O)OC(C)(C)C)CC(NC(=O)OC(C)(C)C)[C@@H]3O[C@@H]3OC(CNC(=O)OC(C)(C)C)[C@H](O)C(O)C3NC(=O)OC(C)(C)C)[C@H]2O)C(NC(=O)OC(C)(C)C)C(O)C1O. The molecule has 4 rings (SSSR count). The van der Waals surface area contributed by atoms with Gasteiger partial charge < -0.3 is 119 Å². The molecule has 1 aliphatic carbocycles. The molecule has 4 aliphatic rings. The van der Waals surface area contributed by atoms with E-state index in [9.17, 15) is 64.9 Å². The second-order valence-electron chi connectivity index (χ2n) is 27.1. The first-order valence-corrected chi connectivity index (χ1v) is 28.2. The van der Waals surface area contributed by atoms with Crippen LogP contribution >= 0.6 is 0 Å². The Balaban J connectivity index is 1.89. The van der Waals surface area contributed by atoms with Gasteiger partial charge in [-0.15, -0.1) is 0 Å². The number of aliphatic hydroxyl groups is 6. The Bertz CT molecular complexity index is 2340. The van der Waals surface area contributed by atoms with Crippen molar-refractivity contribution in [3.05, 3.63) is 10.4 Å². The van der Waals surface area contributed by atoms with Gasteiger partial charge in [0.05, 0.1) is 24.7 Å². The number of alkyl carbamates (subject to hydrolysis) is 6. The molecule has 0 aromatic carbocycles. The molecular formula is C53H93N9O24. The number of aliphatic hydroxyl groups excluding tert-OH is 6. The van der Waals surface area contributed by atoms with E-state index in [4.69, 9.17) is 56.8 Å². The zero-order valence-electron chi connectivity index (χ0n) is 52.2. The van der Waals surface area contributed by atoms with E-state index >= 15 is 0 Å². The van der Waals surface area contributed by atoms with Crippen LogP contribution in [0.2, 0.25) is 0 Å². The number of amides is 6. The predicted octanol–water partition coefficient (Wildman–Crippen LogP) is 1.82. The minimum absolute atomic E-state index is 0.446. The van der Waals surface area contributed by atoms with Crippen molar-refractivity contribution in [2.45, 2.75) is 281 Å². The molecule has 0 aromatic heterocycles. The van der Waals surface area contributed by atoms with Gasteiger partial charge in [0, 0.05) is 18.0 Å². The normalized spacial score (nSPS) is 32.7. The van der Waals surface area contributed by atoms with Crippen LogP contribution in [-0.2, 0) is 56.8 Å². The summed E-state index contributed by atoms with van der Waals surface area (Å²) in [4.78, 5) is 82.6. The molecule has 33 heteroatoms. The van der Waals surface area contributed by atoms with E-state index in [2.05, 4.69) is 41.9 Å². The van der Waals surface area contributed by atoms with E-state index in [1.807, 2.05) is 0 Å². The average Bonchev–Trinajstić information content (AvgIpc) is 1.36. The van der Waals surface area contributed by atoms with Gasteiger partial charge in [-0.05, 0) is 137 Å². The van der Waals surface area contributed by atoms with E-state index in [1.54, 1.807) is 125 Å². The predicted molar refractivity (Wildman–Crippen MR) is 296 cm³/mol. The Hall–Kier alpha value is -5.55. The number of rotatable bonds is 16. The van der Waals surface area contributed by atoms with Crippen LogP contribution in [0.3, 0.4) is 0 Å². The second kappa shape index (κ2) is 29.2. The number of hydrogen-bond donors (Lipinski definition) is 12. The minimum Gasteiger partial charge on any atom is -0.444 e. The number of carbonyl (C=O) groups excluding carboxylic acids is 6. The fourth-order valence-electron chi connectivity index (χ4n) is 9.07. The lowest BCUT2D eigenvalue weighted by atomic mass is 9.83. The summed E-state index contributed by atoms with van der Waals surface area (Å²) in [7, 11) is 0. The largest absolute Gasteiger partial charge is 0.444 e. The van der Waals surface area contributed by atoms with Crippen molar-refractivity contribution in [3.63, 3.8) is 0 Å². The highest BCUT2D eigenvalue weighted by Gasteiger charge is 2.57. The molecule has 4 fully saturated rings. The van der Waals surface area contributed by atoms with E-state index < -0.39 is 213 Å². The molecule has 12 unspecified atom stereocenters. The fourth-order valence-corrected chi connectivity index (χ4v) is 9.07. The van der Waals surface area contributed by atoms with Gasteiger partial charge in [-0.1, -0.05) is 5.11 Å². The van der Waals surface area contributed by atoms with Crippen LogP contribution in [0.1, 0.15) is 131 Å². The second-order valence-corrected chi connectivity index (χ2v) is 27.1. The first kappa shape index (κ1) is 72.9. The van der Waals surface area contributed by atoms with Gasteiger partial charge in [-0.2, -0.15) is 0 Å². The highest BCUT2D eigenvalue weighted by molar-refractivity contribution is 5.70. The van der Waals surface area contributed by atoms with Crippen LogP contribution in [0, 0.1) is 0 Å². The number of nitrogens with one attached hydrogen (secondary N) is 6.